The number of likely N-dealkylation sites (N-methyl/N-ethyl adjacent to an activating group) is 2. The van der Waals surface area contributed by atoms with E-state index < -0.39 is 0 Å². The fourth-order valence-electron chi connectivity index (χ4n) is 3.46. The van der Waals surface area contributed by atoms with Crippen LogP contribution in [0.25, 0.3) is 0 Å². The summed E-state index contributed by atoms with van der Waals surface area (Å²) < 4.78 is 1.85. The molecule has 2 N–H and O–H groups in total. The largest absolute Gasteiger partial charge is 0.357 e. The molecule has 2 unspecified atom stereocenters. The molecule has 1 fully saturated rings. The Kier molecular flexibility index (Phi) is 10.5. The molecule has 1 aromatic heterocycles. The third-order valence-corrected chi connectivity index (χ3v) is 4.91. The van der Waals surface area contributed by atoms with Gasteiger partial charge < -0.3 is 15.5 Å². The van der Waals surface area contributed by atoms with Crippen LogP contribution in [-0.4, -0.2) is 78.4 Å². The zero-order chi connectivity index (χ0) is 18.2. The average Bonchev–Trinajstić information content (AvgIpc) is 3.21. The van der Waals surface area contributed by atoms with E-state index in [9.17, 15) is 0 Å². The van der Waals surface area contributed by atoms with Crippen molar-refractivity contribution in [1.29, 1.82) is 0 Å². The van der Waals surface area contributed by atoms with Crippen LogP contribution in [0.2, 0.25) is 0 Å². The molecule has 0 aliphatic carbocycles. The summed E-state index contributed by atoms with van der Waals surface area (Å²) in [4.78, 5) is 9.57. The van der Waals surface area contributed by atoms with Crippen LogP contribution in [0.4, 0.5) is 0 Å². The van der Waals surface area contributed by atoms with Crippen LogP contribution in [0, 0.1) is 0 Å². The van der Waals surface area contributed by atoms with Crippen LogP contribution in [0.3, 0.4) is 0 Å². The first kappa shape index (κ1) is 23.2. The number of halogens is 1. The SMILES string of the molecule is CCNC(=NCC(c1cnn(C)c1)N(C)C)NCC1CCCN1CC.I. The van der Waals surface area contributed by atoms with Crippen molar-refractivity contribution >= 4 is 29.9 Å². The Bertz CT molecular complexity index is 543. The quantitative estimate of drug-likeness (QED) is 0.339. The summed E-state index contributed by atoms with van der Waals surface area (Å²) in [5.74, 6) is 0.904. The lowest BCUT2D eigenvalue weighted by molar-refractivity contribution is 0.266. The zero-order valence-electron chi connectivity index (χ0n) is 16.9. The van der Waals surface area contributed by atoms with Gasteiger partial charge in [0.15, 0.2) is 5.96 Å². The van der Waals surface area contributed by atoms with Crippen LogP contribution >= 0.6 is 24.0 Å². The Hall–Kier alpha value is -0.870. The van der Waals surface area contributed by atoms with Crippen molar-refractivity contribution in [2.45, 2.75) is 38.8 Å². The summed E-state index contributed by atoms with van der Waals surface area (Å²) >= 11 is 0. The van der Waals surface area contributed by atoms with E-state index in [4.69, 9.17) is 4.99 Å². The lowest BCUT2D eigenvalue weighted by Crippen LogP contribution is -2.45. The highest BCUT2D eigenvalue weighted by Crippen LogP contribution is 2.18. The highest BCUT2D eigenvalue weighted by atomic mass is 127. The second kappa shape index (κ2) is 11.8. The van der Waals surface area contributed by atoms with Gasteiger partial charge >= 0.3 is 0 Å². The monoisotopic (exact) mass is 477 g/mol. The van der Waals surface area contributed by atoms with Gasteiger partial charge in [0.2, 0.25) is 0 Å². The van der Waals surface area contributed by atoms with Crippen LogP contribution < -0.4 is 10.6 Å². The minimum atomic E-state index is 0. The van der Waals surface area contributed by atoms with Crippen molar-refractivity contribution in [2.75, 3.05) is 46.8 Å². The van der Waals surface area contributed by atoms with Crippen LogP contribution in [0.1, 0.15) is 38.3 Å². The fraction of sp³-hybridized carbons (Fsp3) is 0.778. The van der Waals surface area contributed by atoms with Gasteiger partial charge in [-0.15, -0.1) is 24.0 Å². The molecule has 0 radical (unpaired) electrons. The molecular weight excluding hydrogens is 441 g/mol. The molecule has 8 heteroatoms. The van der Waals surface area contributed by atoms with Gasteiger partial charge in [-0.05, 0) is 47.0 Å². The summed E-state index contributed by atoms with van der Waals surface area (Å²) in [5, 5.41) is 11.2. The number of aryl methyl sites for hydroxylation is 1. The van der Waals surface area contributed by atoms with Crippen molar-refractivity contribution in [3.63, 3.8) is 0 Å². The Morgan fingerprint density at radius 1 is 1.38 bits per heavy atom. The number of hydrogen-bond donors (Lipinski definition) is 2. The number of guanidine groups is 1. The maximum Gasteiger partial charge on any atom is 0.191 e. The summed E-state index contributed by atoms with van der Waals surface area (Å²) in [6, 6.07) is 0.847. The van der Waals surface area contributed by atoms with Crippen molar-refractivity contribution in [2.24, 2.45) is 12.0 Å². The highest BCUT2D eigenvalue weighted by Gasteiger charge is 2.23. The lowest BCUT2D eigenvalue weighted by Gasteiger charge is -2.25. The minimum Gasteiger partial charge on any atom is -0.357 e. The maximum atomic E-state index is 4.83. The van der Waals surface area contributed by atoms with Gasteiger partial charge in [-0.25, -0.2) is 0 Å². The van der Waals surface area contributed by atoms with Crippen LogP contribution in [0.15, 0.2) is 17.4 Å². The number of aliphatic imine (C=N–C) groups is 1. The van der Waals surface area contributed by atoms with E-state index in [0.29, 0.717) is 12.6 Å². The van der Waals surface area contributed by atoms with E-state index in [2.05, 4.69) is 59.7 Å². The number of hydrogen-bond acceptors (Lipinski definition) is 4. The molecule has 2 heterocycles. The van der Waals surface area contributed by atoms with Crippen LogP contribution in [-0.2, 0) is 7.05 Å². The molecule has 0 bridgehead atoms. The number of aromatic nitrogens is 2. The predicted octanol–water partition coefficient (Wildman–Crippen LogP) is 1.68. The molecule has 2 rings (SSSR count). The molecule has 0 spiro atoms. The summed E-state index contributed by atoms with van der Waals surface area (Å²) in [6.45, 7) is 9.23. The molecule has 2 atom stereocenters. The van der Waals surface area contributed by atoms with Gasteiger partial charge in [-0.1, -0.05) is 6.92 Å². The van der Waals surface area contributed by atoms with Gasteiger partial charge in [-0.3, -0.25) is 14.6 Å². The topological polar surface area (TPSA) is 60.7 Å². The molecule has 0 saturated carbocycles. The van der Waals surface area contributed by atoms with E-state index in [1.807, 2.05) is 17.9 Å². The molecule has 150 valence electrons. The molecule has 1 aliphatic heterocycles. The van der Waals surface area contributed by atoms with Gasteiger partial charge in [0.05, 0.1) is 18.8 Å². The molecule has 7 nitrogen and oxygen atoms in total. The Balaban J connectivity index is 0.00000338. The number of nitrogens with zero attached hydrogens (tertiary/aromatic N) is 5. The standard InChI is InChI=1S/C18H35N7.HI/c1-6-19-18(20-12-16-9-8-10-25(16)7-2)21-13-17(23(3)4)15-11-22-24(5)14-15;/h11,14,16-17H,6-10,12-13H2,1-5H3,(H2,19,20,21);1H. The smallest absolute Gasteiger partial charge is 0.191 e. The van der Waals surface area contributed by atoms with E-state index in [1.165, 1.54) is 24.9 Å². The van der Waals surface area contributed by atoms with E-state index in [-0.39, 0.29) is 30.0 Å². The van der Waals surface area contributed by atoms with Gasteiger partial charge in [0.1, 0.15) is 0 Å². The molecule has 1 aliphatic rings. The van der Waals surface area contributed by atoms with Gasteiger partial charge in [0, 0.05) is 37.9 Å². The van der Waals surface area contributed by atoms with Gasteiger partial charge in [0.25, 0.3) is 0 Å². The molecule has 0 aromatic carbocycles. The Morgan fingerprint density at radius 3 is 2.73 bits per heavy atom. The minimum absolute atomic E-state index is 0. The number of rotatable bonds is 8. The van der Waals surface area contributed by atoms with Crippen LogP contribution in [0.5, 0.6) is 0 Å². The van der Waals surface area contributed by atoms with Gasteiger partial charge in [-0.2, -0.15) is 5.10 Å². The maximum absolute atomic E-state index is 4.83. The third kappa shape index (κ3) is 6.70. The molecular formula is C18H36IN7. The van der Waals surface area contributed by atoms with Crippen molar-refractivity contribution < 1.29 is 0 Å². The summed E-state index contributed by atoms with van der Waals surface area (Å²) in [7, 11) is 6.13. The van der Waals surface area contributed by atoms with Crippen molar-refractivity contribution in [3.05, 3.63) is 18.0 Å². The fourth-order valence-corrected chi connectivity index (χ4v) is 3.46. The van der Waals surface area contributed by atoms with E-state index >= 15 is 0 Å². The average molecular weight is 477 g/mol. The first-order valence-corrected chi connectivity index (χ1v) is 9.46. The normalized spacial score (nSPS) is 19.5. The second-order valence-corrected chi connectivity index (χ2v) is 6.95. The lowest BCUT2D eigenvalue weighted by atomic mass is 10.1. The van der Waals surface area contributed by atoms with E-state index in [1.54, 1.807) is 0 Å². The molecule has 26 heavy (non-hydrogen) atoms. The summed E-state index contributed by atoms with van der Waals surface area (Å²) in [5.41, 5.74) is 1.19. The van der Waals surface area contributed by atoms with Crippen molar-refractivity contribution in [1.82, 2.24) is 30.2 Å². The summed E-state index contributed by atoms with van der Waals surface area (Å²) in [6.07, 6.45) is 6.57. The highest BCUT2D eigenvalue weighted by molar-refractivity contribution is 14.0. The zero-order valence-corrected chi connectivity index (χ0v) is 19.2. The molecule has 1 aromatic rings. The predicted molar refractivity (Wildman–Crippen MR) is 119 cm³/mol. The second-order valence-electron chi connectivity index (χ2n) is 6.95. The third-order valence-electron chi connectivity index (χ3n) is 4.91. The number of likely N-dealkylation sites (tertiary alicyclic amines) is 1. The first-order valence-electron chi connectivity index (χ1n) is 9.46. The number of nitrogens with one attached hydrogen (secondary N) is 2. The Morgan fingerprint density at radius 2 is 2.15 bits per heavy atom. The molecule has 1 saturated heterocycles. The Labute approximate surface area is 175 Å². The molecule has 0 amide bonds. The van der Waals surface area contributed by atoms with Crippen molar-refractivity contribution in [3.8, 4) is 0 Å². The van der Waals surface area contributed by atoms with E-state index in [0.717, 1.165) is 25.6 Å². The first-order chi connectivity index (χ1) is 12.0.